The molecule has 0 aliphatic heterocycles. The topological polar surface area (TPSA) is 96.2 Å². The summed E-state index contributed by atoms with van der Waals surface area (Å²) in [5, 5.41) is 18.1. The second-order valence-corrected chi connectivity index (χ2v) is 4.73. The number of anilines is 1. The van der Waals surface area contributed by atoms with Gasteiger partial charge in [-0.2, -0.15) is 5.10 Å². The predicted molar refractivity (Wildman–Crippen MR) is 68.8 cm³/mol. The number of aliphatic carboxylic acids is 1. The molecule has 0 aromatic carbocycles. The number of aromatic nitrogens is 2. The molecule has 0 spiro atoms. The van der Waals surface area contributed by atoms with E-state index in [9.17, 15) is 9.59 Å². The first kappa shape index (κ1) is 13.4. The monoisotopic (exact) mass is 266 g/mol. The summed E-state index contributed by atoms with van der Waals surface area (Å²) in [6, 6.07) is 0.301. The Hall–Kier alpha value is -2.05. The summed E-state index contributed by atoms with van der Waals surface area (Å²) in [5.41, 5.74) is 0. The number of hydrogen-bond acceptors (Lipinski definition) is 3. The van der Waals surface area contributed by atoms with Gasteiger partial charge in [0.05, 0.1) is 0 Å². The van der Waals surface area contributed by atoms with Crippen LogP contribution in [0, 0.1) is 5.92 Å². The molecule has 1 aromatic heterocycles. The van der Waals surface area contributed by atoms with Crippen LogP contribution in [-0.2, 0) is 11.3 Å². The highest BCUT2D eigenvalue weighted by Crippen LogP contribution is 2.33. The maximum Gasteiger partial charge on any atom is 0.326 e. The van der Waals surface area contributed by atoms with Crippen molar-refractivity contribution < 1.29 is 14.7 Å². The van der Waals surface area contributed by atoms with Crippen molar-refractivity contribution in [2.75, 3.05) is 5.32 Å². The average molecular weight is 266 g/mol. The number of carboxylic acid groups (broad SMARTS) is 1. The zero-order valence-corrected chi connectivity index (χ0v) is 10.8. The lowest BCUT2D eigenvalue weighted by Gasteiger charge is -2.13. The van der Waals surface area contributed by atoms with Gasteiger partial charge in [-0.05, 0) is 19.3 Å². The molecule has 1 saturated carbocycles. The van der Waals surface area contributed by atoms with Crippen LogP contribution in [0.15, 0.2) is 12.3 Å². The number of rotatable bonds is 6. The van der Waals surface area contributed by atoms with Crippen LogP contribution in [0.4, 0.5) is 10.6 Å². The van der Waals surface area contributed by atoms with Crippen LogP contribution in [0.25, 0.3) is 0 Å². The van der Waals surface area contributed by atoms with E-state index in [-0.39, 0.29) is 0 Å². The number of nitrogens with one attached hydrogen (secondary N) is 2. The Kier molecular flexibility index (Phi) is 4.03. The zero-order valence-electron chi connectivity index (χ0n) is 10.8. The summed E-state index contributed by atoms with van der Waals surface area (Å²) >= 11 is 0. The molecule has 1 aliphatic rings. The molecule has 0 radical (unpaired) electrons. The Labute approximate surface area is 111 Å². The van der Waals surface area contributed by atoms with Gasteiger partial charge in [-0.25, -0.2) is 9.59 Å². The predicted octanol–water partition coefficient (Wildman–Crippen LogP) is 1.28. The van der Waals surface area contributed by atoms with Crippen molar-refractivity contribution in [1.29, 1.82) is 0 Å². The first-order chi connectivity index (χ1) is 9.08. The van der Waals surface area contributed by atoms with Gasteiger partial charge in [-0.3, -0.25) is 10.00 Å². The van der Waals surface area contributed by atoms with Crippen molar-refractivity contribution in [3.63, 3.8) is 0 Å². The number of hydrogen-bond donors (Lipinski definition) is 3. The average Bonchev–Trinajstić information content (AvgIpc) is 3.06. The molecule has 1 heterocycles. The van der Waals surface area contributed by atoms with Crippen LogP contribution >= 0.6 is 0 Å². The molecule has 1 aliphatic carbocycles. The normalized spacial score (nSPS) is 15.8. The molecule has 19 heavy (non-hydrogen) atoms. The highest BCUT2D eigenvalue weighted by atomic mass is 16.4. The molecule has 0 bridgehead atoms. The van der Waals surface area contributed by atoms with Crippen molar-refractivity contribution in [3.05, 3.63) is 12.3 Å². The maximum atomic E-state index is 11.7. The Bertz CT molecular complexity index is 467. The summed E-state index contributed by atoms with van der Waals surface area (Å²) in [7, 11) is 0. The third-order valence-electron chi connectivity index (χ3n) is 3.08. The van der Waals surface area contributed by atoms with Crippen LogP contribution < -0.4 is 10.6 Å². The van der Waals surface area contributed by atoms with Crippen LogP contribution in [-0.4, -0.2) is 32.9 Å². The summed E-state index contributed by atoms with van der Waals surface area (Å²) in [6.07, 6.45) is 4.34. The standard InChI is InChI=1S/C12H18N4O3/c1-2-16-6-5-10(15-16)14-12(19)13-9(11(17)18)7-8-3-4-8/h5-6,8-9H,2-4,7H2,1H3,(H,17,18)(H2,13,14,15,19). The molecule has 104 valence electrons. The molecule has 0 saturated heterocycles. The van der Waals surface area contributed by atoms with Crippen LogP contribution in [0.5, 0.6) is 0 Å². The quantitative estimate of drug-likeness (QED) is 0.722. The zero-order chi connectivity index (χ0) is 13.8. The van der Waals surface area contributed by atoms with Crippen molar-refractivity contribution in [2.24, 2.45) is 5.92 Å². The largest absolute Gasteiger partial charge is 0.480 e. The fourth-order valence-corrected chi connectivity index (χ4v) is 1.82. The van der Waals surface area contributed by atoms with E-state index in [0.29, 0.717) is 24.7 Å². The summed E-state index contributed by atoms with van der Waals surface area (Å²) in [6.45, 7) is 2.65. The SMILES string of the molecule is CCn1ccc(NC(=O)NC(CC2CC2)C(=O)O)n1. The molecule has 1 atom stereocenters. The van der Waals surface area contributed by atoms with Gasteiger partial charge >= 0.3 is 12.0 Å². The number of carbonyl (C=O) groups excluding carboxylic acids is 1. The van der Waals surface area contributed by atoms with Gasteiger partial charge < -0.3 is 10.4 Å². The van der Waals surface area contributed by atoms with Gasteiger partial charge in [-0.1, -0.05) is 12.8 Å². The Morgan fingerprint density at radius 2 is 2.32 bits per heavy atom. The van der Waals surface area contributed by atoms with Gasteiger partial charge in [0.15, 0.2) is 5.82 Å². The fraction of sp³-hybridized carbons (Fsp3) is 0.583. The van der Waals surface area contributed by atoms with E-state index in [4.69, 9.17) is 5.11 Å². The third-order valence-corrected chi connectivity index (χ3v) is 3.08. The van der Waals surface area contributed by atoms with Crippen molar-refractivity contribution in [1.82, 2.24) is 15.1 Å². The van der Waals surface area contributed by atoms with Crippen molar-refractivity contribution in [2.45, 2.75) is 38.8 Å². The number of amides is 2. The molecule has 1 fully saturated rings. The highest BCUT2D eigenvalue weighted by molar-refractivity contribution is 5.91. The van der Waals surface area contributed by atoms with E-state index in [1.54, 1.807) is 16.9 Å². The highest BCUT2D eigenvalue weighted by Gasteiger charge is 2.30. The van der Waals surface area contributed by atoms with E-state index >= 15 is 0 Å². The summed E-state index contributed by atoms with van der Waals surface area (Å²) in [4.78, 5) is 22.7. The molecular weight excluding hydrogens is 248 g/mol. The summed E-state index contributed by atoms with van der Waals surface area (Å²) in [5.74, 6) is -0.156. The lowest BCUT2D eigenvalue weighted by Crippen LogP contribution is -2.43. The number of carboxylic acids is 1. The molecule has 1 aromatic rings. The van der Waals surface area contributed by atoms with E-state index in [2.05, 4.69) is 15.7 Å². The second kappa shape index (κ2) is 5.73. The fourth-order valence-electron chi connectivity index (χ4n) is 1.82. The van der Waals surface area contributed by atoms with E-state index in [0.717, 1.165) is 12.8 Å². The number of carbonyl (C=O) groups is 2. The van der Waals surface area contributed by atoms with Gasteiger partial charge in [-0.15, -0.1) is 0 Å². The van der Waals surface area contributed by atoms with Gasteiger partial charge in [0.1, 0.15) is 6.04 Å². The van der Waals surface area contributed by atoms with Crippen LogP contribution in [0.1, 0.15) is 26.2 Å². The molecule has 2 amide bonds. The molecule has 3 N–H and O–H groups in total. The molecule has 2 rings (SSSR count). The molecular formula is C12H18N4O3. The number of aryl methyl sites for hydroxylation is 1. The first-order valence-electron chi connectivity index (χ1n) is 6.42. The van der Waals surface area contributed by atoms with Crippen molar-refractivity contribution in [3.8, 4) is 0 Å². The Morgan fingerprint density at radius 1 is 1.58 bits per heavy atom. The van der Waals surface area contributed by atoms with Crippen molar-refractivity contribution >= 4 is 17.8 Å². The first-order valence-corrected chi connectivity index (χ1v) is 6.42. The van der Waals surface area contributed by atoms with E-state index in [1.807, 2.05) is 6.92 Å². The molecule has 7 heteroatoms. The second-order valence-electron chi connectivity index (χ2n) is 4.73. The van der Waals surface area contributed by atoms with Crippen LogP contribution in [0.3, 0.4) is 0 Å². The lowest BCUT2D eigenvalue weighted by atomic mass is 10.1. The van der Waals surface area contributed by atoms with Gasteiger partial charge in [0, 0.05) is 18.8 Å². The Balaban J connectivity index is 1.85. The Morgan fingerprint density at radius 3 is 2.84 bits per heavy atom. The van der Waals surface area contributed by atoms with Gasteiger partial charge in [0.2, 0.25) is 0 Å². The summed E-state index contributed by atoms with van der Waals surface area (Å²) < 4.78 is 1.68. The number of nitrogens with zero attached hydrogens (tertiary/aromatic N) is 2. The molecule has 7 nitrogen and oxygen atoms in total. The minimum absolute atomic E-state index is 0.412. The van der Waals surface area contributed by atoms with Crippen LogP contribution in [0.2, 0.25) is 0 Å². The lowest BCUT2D eigenvalue weighted by molar-refractivity contribution is -0.139. The smallest absolute Gasteiger partial charge is 0.326 e. The maximum absolute atomic E-state index is 11.7. The van der Waals surface area contributed by atoms with Gasteiger partial charge in [0.25, 0.3) is 0 Å². The third kappa shape index (κ3) is 3.97. The minimum Gasteiger partial charge on any atom is -0.480 e. The van der Waals surface area contributed by atoms with E-state index in [1.165, 1.54) is 0 Å². The minimum atomic E-state index is -0.999. The number of urea groups is 1. The molecule has 1 unspecified atom stereocenters. The van der Waals surface area contributed by atoms with E-state index < -0.39 is 18.0 Å².